The molecule has 0 amide bonds. The number of aliphatic hydroxyl groups excluding tert-OH is 1. The Kier molecular flexibility index (Phi) is 3.44. The molecule has 0 radical (unpaired) electrons. The van der Waals surface area contributed by atoms with Gasteiger partial charge in [0.15, 0.2) is 0 Å². The quantitative estimate of drug-likeness (QED) is 0.803. The topological polar surface area (TPSA) is 58.0 Å². The Morgan fingerprint density at radius 1 is 1.44 bits per heavy atom. The minimum Gasteiger partial charge on any atom is -0.394 e. The van der Waals surface area contributed by atoms with E-state index >= 15 is 0 Å². The number of hydrogen-bond donors (Lipinski definition) is 2. The highest BCUT2D eigenvalue weighted by Gasteiger charge is 2.30. The number of aromatic nitrogens is 2. The van der Waals surface area contributed by atoms with Gasteiger partial charge in [-0.2, -0.15) is 4.37 Å². The Morgan fingerprint density at radius 3 is 2.62 bits per heavy atom. The van der Waals surface area contributed by atoms with Crippen molar-refractivity contribution in [2.45, 2.75) is 51.0 Å². The van der Waals surface area contributed by atoms with Gasteiger partial charge in [0.25, 0.3) is 0 Å². The van der Waals surface area contributed by atoms with Crippen LogP contribution in [0.15, 0.2) is 0 Å². The molecule has 1 aliphatic carbocycles. The molecule has 1 aromatic heterocycles. The monoisotopic (exact) mass is 241 g/mol. The summed E-state index contributed by atoms with van der Waals surface area (Å²) in [4.78, 5) is 4.49. The van der Waals surface area contributed by atoms with Crippen molar-refractivity contribution in [1.82, 2.24) is 9.36 Å². The maximum Gasteiger partial charge on any atom is 0.203 e. The van der Waals surface area contributed by atoms with E-state index < -0.39 is 0 Å². The van der Waals surface area contributed by atoms with Crippen LogP contribution >= 0.6 is 11.5 Å². The van der Waals surface area contributed by atoms with Gasteiger partial charge in [0.1, 0.15) is 5.82 Å². The Balaban J connectivity index is 2.05. The molecular weight excluding hydrogens is 222 g/mol. The third-order valence-corrected chi connectivity index (χ3v) is 4.06. The molecule has 0 atom stereocenters. The van der Waals surface area contributed by atoms with Crippen molar-refractivity contribution in [1.29, 1.82) is 0 Å². The average Bonchev–Trinajstić information content (AvgIpc) is 3.08. The molecule has 5 heteroatoms. The molecule has 2 rings (SSSR count). The zero-order valence-electron chi connectivity index (χ0n) is 9.86. The van der Waals surface area contributed by atoms with Gasteiger partial charge in [0.2, 0.25) is 5.13 Å². The summed E-state index contributed by atoms with van der Waals surface area (Å²) in [6.45, 7) is 4.30. The number of aliphatic hydroxyl groups is 1. The first kappa shape index (κ1) is 11.8. The fourth-order valence-corrected chi connectivity index (χ4v) is 2.48. The number of rotatable bonds is 6. The molecule has 0 aliphatic heterocycles. The minimum absolute atomic E-state index is 0.137. The first-order valence-corrected chi connectivity index (χ1v) is 6.73. The van der Waals surface area contributed by atoms with Crippen LogP contribution in [0.25, 0.3) is 0 Å². The van der Waals surface area contributed by atoms with Crippen LogP contribution in [0, 0.1) is 0 Å². The lowest BCUT2D eigenvalue weighted by Crippen LogP contribution is -2.40. The summed E-state index contributed by atoms with van der Waals surface area (Å²) in [6, 6.07) is 0. The molecule has 1 aliphatic rings. The first-order chi connectivity index (χ1) is 7.73. The summed E-state index contributed by atoms with van der Waals surface area (Å²) in [6.07, 6.45) is 4.22. The van der Waals surface area contributed by atoms with Crippen LogP contribution < -0.4 is 5.32 Å². The molecule has 1 aromatic rings. The summed E-state index contributed by atoms with van der Waals surface area (Å²) < 4.78 is 4.35. The molecule has 1 heterocycles. The van der Waals surface area contributed by atoms with Gasteiger partial charge in [0, 0.05) is 17.5 Å². The first-order valence-electron chi connectivity index (χ1n) is 5.95. The Labute approximate surface area is 100 Å². The lowest BCUT2D eigenvalue weighted by molar-refractivity contribution is 0.202. The van der Waals surface area contributed by atoms with Crippen LogP contribution in [0.3, 0.4) is 0 Å². The lowest BCUT2D eigenvalue weighted by Gasteiger charge is -2.30. The second kappa shape index (κ2) is 4.67. The number of nitrogens with zero attached hydrogens (tertiary/aromatic N) is 2. The van der Waals surface area contributed by atoms with Gasteiger partial charge in [-0.05, 0) is 25.7 Å². The van der Waals surface area contributed by atoms with E-state index in [1.165, 1.54) is 24.4 Å². The highest BCUT2D eigenvalue weighted by Crippen LogP contribution is 2.39. The van der Waals surface area contributed by atoms with Crippen molar-refractivity contribution < 1.29 is 5.11 Å². The van der Waals surface area contributed by atoms with Crippen molar-refractivity contribution >= 4 is 16.7 Å². The summed E-state index contributed by atoms with van der Waals surface area (Å²) in [5, 5.41) is 13.6. The molecule has 90 valence electrons. The molecule has 0 unspecified atom stereocenters. The number of anilines is 1. The SMILES string of the molecule is CCC(CC)(CO)Nc1nc(C2CC2)ns1. The predicted octanol–water partition coefficient (Wildman–Crippen LogP) is 2.38. The average molecular weight is 241 g/mol. The van der Waals surface area contributed by atoms with Crippen LogP contribution in [0.1, 0.15) is 51.3 Å². The standard InChI is InChI=1S/C11H19N3OS/c1-3-11(4-2,7-15)13-10-12-9(14-16-10)8-5-6-8/h8,15H,3-7H2,1-2H3,(H,12,13,14). The fourth-order valence-electron chi connectivity index (χ4n) is 1.71. The Bertz CT molecular complexity index is 336. The van der Waals surface area contributed by atoms with Gasteiger partial charge in [0.05, 0.1) is 12.1 Å². The predicted molar refractivity (Wildman–Crippen MR) is 65.9 cm³/mol. The van der Waals surface area contributed by atoms with Crippen LogP contribution in [0.4, 0.5) is 5.13 Å². The van der Waals surface area contributed by atoms with E-state index in [1.807, 2.05) is 0 Å². The van der Waals surface area contributed by atoms with E-state index in [2.05, 4.69) is 28.5 Å². The highest BCUT2D eigenvalue weighted by atomic mass is 32.1. The summed E-state index contributed by atoms with van der Waals surface area (Å²) in [5.74, 6) is 1.57. The van der Waals surface area contributed by atoms with E-state index in [9.17, 15) is 5.11 Å². The van der Waals surface area contributed by atoms with Gasteiger partial charge in [-0.3, -0.25) is 0 Å². The summed E-state index contributed by atoms with van der Waals surface area (Å²) in [7, 11) is 0. The van der Waals surface area contributed by atoms with Crippen molar-refractivity contribution in [2.24, 2.45) is 0 Å². The van der Waals surface area contributed by atoms with Crippen molar-refractivity contribution in [2.75, 3.05) is 11.9 Å². The van der Waals surface area contributed by atoms with Gasteiger partial charge < -0.3 is 10.4 Å². The lowest BCUT2D eigenvalue weighted by atomic mass is 9.94. The molecule has 0 aromatic carbocycles. The van der Waals surface area contributed by atoms with Crippen molar-refractivity contribution in [3.8, 4) is 0 Å². The number of nitrogens with one attached hydrogen (secondary N) is 1. The van der Waals surface area contributed by atoms with E-state index in [0.29, 0.717) is 5.92 Å². The highest BCUT2D eigenvalue weighted by molar-refractivity contribution is 7.09. The van der Waals surface area contributed by atoms with E-state index in [0.717, 1.165) is 23.8 Å². The molecule has 1 saturated carbocycles. The van der Waals surface area contributed by atoms with E-state index in [-0.39, 0.29) is 12.1 Å². The second-order valence-corrected chi connectivity index (χ2v) is 5.25. The summed E-state index contributed by atoms with van der Waals surface area (Å²) in [5.41, 5.74) is -0.236. The molecule has 16 heavy (non-hydrogen) atoms. The van der Waals surface area contributed by atoms with Gasteiger partial charge in [-0.15, -0.1) is 0 Å². The van der Waals surface area contributed by atoms with Gasteiger partial charge in [-0.25, -0.2) is 4.98 Å². The molecule has 4 nitrogen and oxygen atoms in total. The maximum absolute atomic E-state index is 9.46. The van der Waals surface area contributed by atoms with Crippen LogP contribution in [-0.2, 0) is 0 Å². The molecule has 0 bridgehead atoms. The molecule has 0 spiro atoms. The van der Waals surface area contributed by atoms with Gasteiger partial charge >= 0.3 is 0 Å². The van der Waals surface area contributed by atoms with Crippen LogP contribution in [0.2, 0.25) is 0 Å². The second-order valence-electron chi connectivity index (χ2n) is 4.50. The third-order valence-electron chi connectivity index (χ3n) is 3.41. The van der Waals surface area contributed by atoms with Crippen LogP contribution in [0.5, 0.6) is 0 Å². The van der Waals surface area contributed by atoms with Crippen molar-refractivity contribution in [3.05, 3.63) is 5.82 Å². The third kappa shape index (κ3) is 2.35. The maximum atomic E-state index is 9.46. The molecule has 0 saturated heterocycles. The largest absolute Gasteiger partial charge is 0.394 e. The van der Waals surface area contributed by atoms with Crippen molar-refractivity contribution in [3.63, 3.8) is 0 Å². The molecule has 2 N–H and O–H groups in total. The zero-order valence-corrected chi connectivity index (χ0v) is 10.7. The molecule has 1 fully saturated rings. The van der Waals surface area contributed by atoms with Crippen LogP contribution in [-0.4, -0.2) is 26.6 Å². The number of hydrogen-bond acceptors (Lipinski definition) is 5. The minimum atomic E-state index is -0.236. The summed E-state index contributed by atoms with van der Waals surface area (Å²) >= 11 is 1.41. The fraction of sp³-hybridized carbons (Fsp3) is 0.818. The van der Waals surface area contributed by atoms with E-state index in [1.54, 1.807) is 0 Å². The molecular formula is C11H19N3OS. The normalized spacial score (nSPS) is 16.4. The van der Waals surface area contributed by atoms with Gasteiger partial charge in [-0.1, -0.05) is 13.8 Å². The smallest absolute Gasteiger partial charge is 0.203 e. The Hall–Kier alpha value is -0.680. The Morgan fingerprint density at radius 2 is 2.12 bits per heavy atom. The zero-order chi connectivity index (χ0) is 11.6. The van der Waals surface area contributed by atoms with E-state index in [4.69, 9.17) is 0 Å².